The molecule has 0 saturated carbocycles. The Morgan fingerprint density at radius 2 is 1.56 bits per heavy atom. The van der Waals surface area contributed by atoms with Crippen LogP contribution in [-0.4, -0.2) is 19.6 Å². The number of hydrogen-bond acceptors (Lipinski definition) is 6. The van der Waals surface area contributed by atoms with Crippen molar-refractivity contribution < 1.29 is 9.15 Å². The van der Waals surface area contributed by atoms with Gasteiger partial charge in [-0.2, -0.15) is 0 Å². The van der Waals surface area contributed by atoms with Crippen molar-refractivity contribution in [2.24, 2.45) is 0 Å². The molecule has 7 rings (SSSR count). The van der Waals surface area contributed by atoms with Gasteiger partial charge in [0.15, 0.2) is 17.2 Å². The monoisotopic (exact) mass is 444 g/mol. The lowest BCUT2D eigenvalue weighted by molar-refractivity contribution is 0.422. The van der Waals surface area contributed by atoms with Gasteiger partial charge in [-0.25, -0.2) is 19.3 Å². The molecule has 0 N–H and O–H groups in total. The number of ether oxygens (including phenoxy) is 1. The second-order valence-corrected chi connectivity index (χ2v) is 8.11. The van der Waals surface area contributed by atoms with Crippen LogP contribution >= 0.6 is 0 Å². The third-order valence-electron chi connectivity index (χ3n) is 6.13. The van der Waals surface area contributed by atoms with Crippen molar-refractivity contribution in [1.29, 1.82) is 0 Å². The Kier molecular flexibility index (Phi) is 3.92. The van der Waals surface area contributed by atoms with Gasteiger partial charge < -0.3 is 9.15 Å². The topological polar surface area (TPSA) is 82.5 Å². The summed E-state index contributed by atoms with van der Waals surface area (Å²) in [4.78, 5) is 22.7. The fourth-order valence-corrected chi connectivity index (χ4v) is 4.62. The van der Waals surface area contributed by atoms with Gasteiger partial charge in [0.2, 0.25) is 5.88 Å². The smallest absolute Gasteiger partial charge is 0.344 e. The van der Waals surface area contributed by atoms with Gasteiger partial charge in [0, 0.05) is 5.56 Å². The molecular formula is C27H16N4O3. The van der Waals surface area contributed by atoms with Gasteiger partial charge in [-0.05, 0) is 17.7 Å². The Bertz CT molecular complexity index is 1760. The summed E-state index contributed by atoms with van der Waals surface area (Å²) in [7, 11) is 0. The predicted octanol–water partition coefficient (Wildman–Crippen LogP) is 5.18. The number of nitrogens with zero attached hydrogens (tertiary/aromatic N) is 4. The van der Waals surface area contributed by atoms with Crippen molar-refractivity contribution in [3.05, 3.63) is 118 Å². The molecule has 0 spiro atoms. The largest absolute Gasteiger partial charge is 0.437 e. The molecule has 1 atom stereocenters. The summed E-state index contributed by atoms with van der Waals surface area (Å²) in [6, 6.07) is 26.9. The van der Waals surface area contributed by atoms with Crippen molar-refractivity contribution >= 4 is 16.6 Å². The zero-order chi connectivity index (χ0) is 22.6. The average molecular weight is 444 g/mol. The standard InChI is InChI=1S/C27H16N4O3/c32-27-21-20(16-9-3-1-4-10-16)22-25-29-24(17-11-5-2-6-12-17)30-31(25)15-28-26(22)34-23(21)18-13-7-8-14-19(18)33-27/h1-15,20H. The number of fused-ring (bicyclic) bond motifs is 6. The first-order valence-corrected chi connectivity index (χ1v) is 10.9. The van der Waals surface area contributed by atoms with E-state index in [0.29, 0.717) is 39.8 Å². The highest BCUT2D eigenvalue weighted by Crippen LogP contribution is 2.48. The van der Waals surface area contributed by atoms with E-state index in [1.807, 2.05) is 78.9 Å². The van der Waals surface area contributed by atoms with E-state index in [1.54, 1.807) is 16.9 Å². The molecule has 7 heteroatoms. The zero-order valence-electron chi connectivity index (χ0n) is 17.8. The number of para-hydroxylation sites is 1. The molecule has 1 aliphatic rings. The first-order valence-electron chi connectivity index (χ1n) is 10.9. The van der Waals surface area contributed by atoms with E-state index in [-0.39, 0.29) is 0 Å². The minimum Gasteiger partial charge on any atom is -0.437 e. The summed E-state index contributed by atoms with van der Waals surface area (Å²) in [5.41, 5.74) is 3.51. The third kappa shape index (κ3) is 2.70. The lowest BCUT2D eigenvalue weighted by Crippen LogP contribution is -2.22. The van der Waals surface area contributed by atoms with Crippen molar-refractivity contribution in [1.82, 2.24) is 19.6 Å². The van der Waals surface area contributed by atoms with Crippen LogP contribution in [0.3, 0.4) is 0 Å². The van der Waals surface area contributed by atoms with Crippen LogP contribution in [0.2, 0.25) is 0 Å². The first kappa shape index (κ1) is 18.8. The summed E-state index contributed by atoms with van der Waals surface area (Å²) in [6.45, 7) is 0. The second-order valence-electron chi connectivity index (χ2n) is 8.11. The maximum atomic E-state index is 13.3. The second kappa shape index (κ2) is 7.11. The number of hydrogen-bond donors (Lipinski definition) is 0. The van der Waals surface area contributed by atoms with Crippen molar-refractivity contribution in [3.63, 3.8) is 0 Å². The van der Waals surface area contributed by atoms with E-state index in [4.69, 9.17) is 14.1 Å². The summed E-state index contributed by atoms with van der Waals surface area (Å²) in [5.74, 6) is 0.952. The van der Waals surface area contributed by atoms with E-state index in [9.17, 15) is 4.79 Å². The number of benzene rings is 3. The van der Waals surface area contributed by atoms with Gasteiger partial charge in [-0.3, -0.25) is 0 Å². The van der Waals surface area contributed by atoms with E-state index in [1.165, 1.54) is 0 Å². The van der Waals surface area contributed by atoms with Gasteiger partial charge in [0.05, 0.1) is 22.4 Å². The van der Waals surface area contributed by atoms with E-state index >= 15 is 0 Å². The molecular weight excluding hydrogens is 428 g/mol. The van der Waals surface area contributed by atoms with Crippen molar-refractivity contribution in [2.75, 3.05) is 0 Å². The quantitative estimate of drug-likeness (QED) is 0.342. The van der Waals surface area contributed by atoms with E-state index in [0.717, 1.165) is 16.5 Å². The summed E-state index contributed by atoms with van der Waals surface area (Å²) >= 11 is 0. The van der Waals surface area contributed by atoms with Crippen LogP contribution in [-0.2, 0) is 0 Å². The molecule has 34 heavy (non-hydrogen) atoms. The molecule has 0 aliphatic carbocycles. The molecule has 0 saturated heterocycles. The molecule has 0 fully saturated rings. The molecule has 0 radical (unpaired) electrons. The molecule has 7 nitrogen and oxygen atoms in total. The minimum atomic E-state index is -0.482. The molecule has 162 valence electrons. The Labute approximate surface area is 192 Å². The average Bonchev–Trinajstić information content (AvgIpc) is 3.33. The zero-order valence-corrected chi connectivity index (χ0v) is 17.8. The summed E-state index contributed by atoms with van der Waals surface area (Å²) in [6.07, 6.45) is 1.59. The van der Waals surface area contributed by atoms with Crippen LogP contribution in [0, 0.1) is 0 Å². The van der Waals surface area contributed by atoms with Gasteiger partial charge in [-0.15, -0.1) is 5.10 Å². The fourth-order valence-electron chi connectivity index (χ4n) is 4.62. The molecule has 0 amide bonds. The highest BCUT2D eigenvalue weighted by Gasteiger charge is 2.37. The van der Waals surface area contributed by atoms with Crippen LogP contribution < -0.4 is 10.4 Å². The Hall–Kier alpha value is -4.78. The van der Waals surface area contributed by atoms with Gasteiger partial charge in [-0.1, -0.05) is 72.8 Å². The SMILES string of the molecule is O=c1oc2ccccc2c2c1C(c1ccccc1)c1c(ncn3nc(-c4ccccc4)nc13)O2. The van der Waals surface area contributed by atoms with Crippen LogP contribution in [0.15, 0.2) is 100 Å². The van der Waals surface area contributed by atoms with Gasteiger partial charge >= 0.3 is 5.63 Å². The maximum absolute atomic E-state index is 13.3. The molecule has 6 aromatic rings. The minimum absolute atomic E-state index is 0.400. The highest BCUT2D eigenvalue weighted by molar-refractivity contribution is 5.86. The molecule has 3 aromatic heterocycles. The third-order valence-corrected chi connectivity index (χ3v) is 6.13. The lowest BCUT2D eigenvalue weighted by Gasteiger charge is -2.27. The van der Waals surface area contributed by atoms with Crippen LogP contribution in [0.1, 0.15) is 22.6 Å². The maximum Gasteiger partial charge on any atom is 0.344 e. The highest BCUT2D eigenvalue weighted by atomic mass is 16.5. The summed E-state index contributed by atoms with van der Waals surface area (Å²) in [5, 5.41) is 5.35. The Morgan fingerprint density at radius 3 is 2.38 bits per heavy atom. The summed E-state index contributed by atoms with van der Waals surface area (Å²) < 4.78 is 13.6. The van der Waals surface area contributed by atoms with Gasteiger partial charge in [0.1, 0.15) is 11.9 Å². The molecule has 3 aromatic carbocycles. The van der Waals surface area contributed by atoms with Crippen LogP contribution in [0.4, 0.5) is 0 Å². The number of aromatic nitrogens is 4. The normalized spacial score (nSPS) is 14.5. The van der Waals surface area contributed by atoms with E-state index in [2.05, 4.69) is 10.1 Å². The van der Waals surface area contributed by atoms with Crippen LogP contribution in [0.5, 0.6) is 11.6 Å². The Morgan fingerprint density at radius 1 is 0.824 bits per heavy atom. The molecule has 1 aliphatic heterocycles. The van der Waals surface area contributed by atoms with Crippen LogP contribution in [0.25, 0.3) is 28.0 Å². The van der Waals surface area contributed by atoms with Gasteiger partial charge in [0.25, 0.3) is 0 Å². The van der Waals surface area contributed by atoms with E-state index < -0.39 is 11.5 Å². The molecule has 0 bridgehead atoms. The molecule has 1 unspecified atom stereocenters. The fraction of sp³-hybridized carbons (Fsp3) is 0.0370. The van der Waals surface area contributed by atoms with Crippen molar-refractivity contribution in [3.8, 4) is 23.0 Å². The lowest BCUT2D eigenvalue weighted by atomic mass is 9.84. The van der Waals surface area contributed by atoms with Crippen molar-refractivity contribution in [2.45, 2.75) is 5.92 Å². The predicted molar refractivity (Wildman–Crippen MR) is 126 cm³/mol. The first-order chi connectivity index (χ1) is 16.8. The Balaban J connectivity index is 1.56. The molecule has 4 heterocycles. The number of rotatable bonds is 2.